The molecule has 1 aliphatic heterocycles. The van der Waals surface area contributed by atoms with Crippen LogP contribution in [-0.2, 0) is 0 Å². The van der Waals surface area contributed by atoms with E-state index in [2.05, 4.69) is 15.2 Å². The van der Waals surface area contributed by atoms with Gasteiger partial charge < -0.3 is 14.4 Å². The first-order chi connectivity index (χ1) is 10.8. The summed E-state index contributed by atoms with van der Waals surface area (Å²) in [6.45, 7) is 1.18. The van der Waals surface area contributed by atoms with Gasteiger partial charge in [-0.05, 0) is 12.1 Å². The molecular weight excluding hydrogens is 284 g/mol. The molecule has 1 fully saturated rings. The lowest BCUT2D eigenvalue weighted by Gasteiger charge is -2.16. The van der Waals surface area contributed by atoms with E-state index in [0.29, 0.717) is 30.4 Å². The van der Waals surface area contributed by atoms with Crippen LogP contribution in [0.5, 0.6) is 11.8 Å². The second kappa shape index (κ2) is 6.38. The first-order valence-electron chi connectivity index (χ1n) is 7.00. The van der Waals surface area contributed by atoms with E-state index < -0.39 is 0 Å². The maximum atomic E-state index is 12.4. The highest BCUT2D eigenvalue weighted by atomic mass is 16.5. The number of likely N-dealkylation sites (tertiary alicyclic amines) is 1. The Kier molecular flexibility index (Phi) is 4.13. The van der Waals surface area contributed by atoms with E-state index in [0.717, 1.165) is 6.42 Å². The van der Waals surface area contributed by atoms with Crippen molar-refractivity contribution in [2.45, 2.75) is 12.5 Å². The zero-order valence-corrected chi connectivity index (χ0v) is 12.2. The third-order valence-electron chi connectivity index (χ3n) is 3.46. The van der Waals surface area contributed by atoms with Gasteiger partial charge in [0.15, 0.2) is 0 Å². The Morgan fingerprint density at radius 1 is 1.32 bits per heavy atom. The van der Waals surface area contributed by atoms with Crippen LogP contribution in [0.4, 0.5) is 0 Å². The lowest BCUT2D eigenvalue weighted by atomic mass is 10.2. The summed E-state index contributed by atoms with van der Waals surface area (Å²) in [5, 5.41) is 7.66. The van der Waals surface area contributed by atoms with Crippen LogP contribution in [0.2, 0.25) is 0 Å². The molecule has 114 valence electrons. The number of hydrogen-bond donors (Lipinski definition) is 0. The van der Waals surface area contributed by atoms with Crippen LogP contribution in [0.1, 0.15) is 16.8 Å². The van der Waals surface area contributed by atoms with Gasteiger partial charge in [-0.1, -0.05) is 0 Å². The molecule has 1 atom stereocenters. The van der Waals surface area contributed by atoms with E-state index in [1.165, 1.54) is 6.20 Å². The molecule has 0 N–H and O–H groups in total. The van der Waals surface area contributed by atoms with Crippen LogP contribution in [-0.4, -0.2) is 52.3 Å². The molecule has 2 aromatic heterocycles. The fraction of sp³-hybridized carbons (Fsp3) is 0.333. The molecule has 22 heavy (non-hydrogen) atoms. The average Bonchev–Trinajstić information content (AvgIpc) is 3.04. The molecule has 0 saturated carbocycles. The monoisotopic (exact) mass is 300 g/mol. The van der Waals surface area contributed by atoms with Crippen LogP contribution in [0.15, 0.2) is 36.7 Å². The van der Waals surface area contributed by atoms with Crippen LogP contribution in [0.3, 0.4) is 0 Å². The Labute approximate surface area is 127 Å². The number of rotatable bonds is 4. The minimum atomic E-state index is -0.0631. The summed E-state index contributed by atoms with van der Waals surface area (Å²) >= 11 is 0. The van der Waals surface area contributed by atoms with Crippen molar-refractivity contribution in [2.75, 3.05) is 20.2 Å². The standard InChI is InChI=1S/C15H16N4O3/c1-21-13-5-4-11(9-16-13)15(20)19-8-6-12(10-19)22-14-3-2-7-17-18-14/h2-5,7,9,12H,6,8,10H2,1H3. The molecule has 7 heteroatoms. The third kappa shape index (κ3) is 3.13. The number of carbonyl (C=O) groups is 1. The van der Waals surface area contributed by atoms with Gasteiger partial charge in [-0.25, -0.2) is 4.98 Å². The Morgan fingerprint density at radius 2 is 2.23 bits per heavy atom. The van der Waals surface area contributed by atoms with Crippen LogP contribution in [0.25, 0.3) is 0 Å². The minimum Gasteiger partial charge on any atom is -0.481 e. The number of carbonyl (C=O) groups excluding carboxylic acids is 1. The summed E-state index contributed by atoms with van der Waals surface area (Å²) in [4.78, 5) is 18.2. The van der Waals surface area contributed by atoms with Crippen LogP contribution < -0.4 is 9.47 Å². The van der Waals surface area contributed by atoms with Crippen molar-refractivity contribution in [1.82, 2.24) is 20.1 Å². The third-order valence-corrected chi connectivity index (χ3v) is 3.46. The van der Waals surface area contributed by atoms with Gasteiger partial charge in [-0.3, -0.25) is 4.79 Å². The molecule has 3 heterocycles. The van der Waals surface area contributed by atoms with Crippen molar-refractivity contribution in [3.63, 3.8) is 0 Å². The fourth-order valence-corrected chi connectivity index (χ4v) is 2.34. The maximum Gasteiger partial charge on any atom is 0.255 e. The van der Waals surface area contributed by atoms with Gasteiger partial charge in [0.25, 0.3) is 5.91 Å². The van der Waals surface area contributed by atoms with Crippen molar-refractivity contribution < 1.29 is 14.3 Å². The Balaban J connectivity index is 1.60. The smallest absolute Gasteiger partial charge is 0.255 e. The second-order valence-electron chi connectivity index (χ2n) is 4.93. The van der Waals surface area contributed by atoms with Crippen LogP contribution in [0, 0.1) is 0 Å². The SMILES string of the molecule is COc1ccc(C(=O)N2CCC(Oc3cccnn3)C2)cn1. The minimum absolute atomic E-state index is 0.0552. The Morgan fingerprint density at radius 3 is 2.91 bits per heavy atom. The molecule has 0 bridgehead atoms. The van der Waals surface area contributed by atoms with Crippen LogP contribution >= 0.6 is 0 Å². The van der Waals surface area contributed by atoms with Crippen molar-refractivity contribution in [3.05, 3.63) is 42.2 Å². The highest BCUT2D eigenvalue weighted by molar-refractivity contribution is 5.94. The van der Waals surface area contributed by atoms with Gasteiger partial charge in [0, 0.05) is 37.5 Å². The summed E-state index contributed by atoms with van der Waals surface area (Å²) in [6, 6.07) is 6.91. The second-order valence-corrected chi connectivity index (χ2v) is 4.93. The molecule has 0 radical (unpaired) electrons. The van der Waals surface area contributed by atoms with Gasteiger partial charge in [0.1, 0.15) is 6.10 Å². The predicted octanol–water partition coefficient (Wildman–Crippen LogP) is 1.17. The van der Waals surface area contributed by atoms with Crippen molar-refractivity contribution in [2.24, 2.45) is 0 Å². The van der Waals surface area contributed by atoms with Gasteiger partial charge in [-0.15, -0.1) is 5.10 Å². The molecule has 0 aromatic carbocycles. The van der Waals surface area contributed by atoms with E-state index >= 15 is 0 Å². The molecular formula is C15H16N4O3. The Hall–Kier alpha value is -2.70. The van der Waals surface area contributed by atoms with E-state index in [9.17, 15) is 4.79 Å². The van der Waals surface area contributed by atoms with E-state index in [-0.39, 0.29) is 12.0 Å². The molecule has 1 aliphatic rings. The normalized spacial score (nSPS) is 17.3. The highest BCUT2D eigenvalue weighted by Gasteiger charge is 2.28. The lowest BCUT2D eigenvalue weighted by Crippen LogP contribution is -2.31. The number of nitrogens with zero attached hydrogens (tertiary/aromatic N) is 4. The van der Waals surface area contributed by atoms with Crippen molar-refractivity contribution in [1.29, 1.82) is 0 Å². The molecule has 1 amide bonds. The quantitative estimate of drug-likeness (QED) is 0.843. The van der Waals surface area contributed by atoms with Gasteiger partial charge >= 0.3 is 0 Å². The Bertz CT molecular complexity index is 633. The number of amides is 1. The fourth-order valence-electron chi connectivity index (χ4n) is 2.34. The summed E-state index contributed by atoms with van der Waals surface area (Å²) in [6.07, 6.45) is 3.82. The first-order valence-corrected chi connectivity index (χ1v) is 7.00. The predicted molar refractivity (Wildman–Crippen MR) is 77.8 cm³/mol. The zero-order valence-electron chi connectivity index (χ0n) is 12.2. The molecule has 1 saturated heterocycles. The number of aromatic nitrogens is 3. The summed E-state index contributed by atoms with van der Waals surface area (Å²) in [5.41, 5.74) is 0.543. The largest absolute Gasteiger partial charge is 0.481 e. The molecule has 7 nitrogen and oxygen atoms in total. The van der Waals surface area contributed by atoms with E-state index in [4.69, 9.17) is 9.47 Å². The van der Waals surface area contributed by atoms with E-state index in [1.54, 1.807) is 42.5 Å². The summed E-state index contributed by atoms with van der Waals surface area (Å²) < 4.78 is 10.7. The molecule has 0 aliphatic carbocycles. The highest BCUT2D eigenvalue weighted by Crippen LogP contribution is 2.18. The molecule has 0 spiro atoms. The topological polar surface area (TPSA) is 77.4 Å². The maximum absolute atomic E-state index is 12.4. The van der Waals surface area contributed by atoms with Gasteiger partial charge in [-0.2, -0.15) is 5.10 Å². The van der Waals surface area contributed by atoms with Gasteiger partial charge in [0.2, 0.25) is 11.8 Å². The number of pyridine rings is 1. The number of hydrogen-bond acceptors (Lipinski definition) is 6. The van der Waals surface area contributed by atoms with Gasteiger partial charge in [0.05, 0.1) is 19.2 Å². The average molecular weight is 300 g/mol. The lowest BCUT2D eigenvalue weighted by molar-refractivity contribution is 0.0770. The molecule has 1 unspecified atom stereocenters. The first kappa shape index (κ1) is 14.2. The summed E-state index contributed by atoms with van der Waals surface area (Å²) in [5.74, 6) is 0.912. The van der Waals surface area contributed by atoms with Crippen molar-refractivity contribution in [3.8, 4) is 11.8 Å². The number of ether oxygens (including phenoxy) is 2. The summed E-state index contributed by atoms with van der Waals surface area (Å²) in [7, 11) is 1.54. The van der Waals surface area contributed by atoms with E-state index in [1.807, 2.05) is 0 Å². The molecule has 3 rings (SSSR count). The molecule has 2 aromatic rings. The zero-order chi connectivity index (χ0) is 15.4. The van der Waals surface area contributed by atoms with Crippen molar-refractivity contribution >= 4 is 5.91 Å². The number of methoxy groups -OCH3 is 1.